The van der Waals surface area contributed by atoms with E-state index in [2.05, 4.69) is 15.2 Å². The van der Waals surface area contributed by atoms with Crippen LogP contribution in [0.4, 0.5) is 5.82 Å². The van der Waals surface area contributed by atoms with Crippen molar-refractivity contribution in [2.75, 3.05) is 18.0 Å². The third-order valence-electron chi connectivity index (χ3n) is 4.15. The zero-order valence-corrected chi connectivity index (χ0v) is 11.6. The molecule has 0 aromatic carbocycles. The Morgan fingerprint density at radius 1 is 1.29 bits per heavy atom. The number of hydrogen-bond acceptors (Lipinski definition) is 5. The number of imide groups is 1. The average molecular weight is 287 g/mol. The van der Waals surface area contributed by atoms with Gasteiger partial charge < -0.3 is 9.69 Å². The second kappa shape index (κ2) is 5.63. The van der Waals surface area contributed by atoms with Crippen molar-refractivity contribution in [3.8, 4) is 0 Å². The highest BCUT2D eigenvalue weighted by atomic mass is 16.2. The predicted molar refractivity (Wildman–Crippen MR) is 75.7 cm³/mol. The number of piperidine rings is 1. The van der Waals surface area contributed by atoms with E-state index >= 15 is 0 Å². The molecule has 2 amide bonds. The highest BCUT2D eigenvalue weighted by molar-refractivity contribution is 6.00. The maximum atomic E-state index is 11.8. The first-order valence-electron chi connectivity index (χ1n) is 7.17. The van der Waals surface area contributed by atoms with Gasteiger partial charge >= 0.3 is 0 Å². The molecule has 3 rings (SSSR count). The van der Waals surface area contributed by atoms with Crippen molar-refractivity contribution >= 4 is 23.9 Å². The number of rotatable bonds is 3. The molecule has 0 spiro atoms. The lowest BCUT2D eigenvalue weighted by Gasteiger charge is -2.22. The van der Waals surface area contributed by atoms with E-state index in [9.17, 15) is 14.4 Å². The van der Waals surface area contributed by atoms with E-state index < -0.39 is 0 Å². The lowest BCUT2D eigenvalue weighted by Crippen LogP contribution is -2.39. The van der Waals surface area contributed by atoms with Crippen LogP contribution in [0.25, 0.3) is 0 Å². The molecular formula is C15H17N3O3. The van der Waals surface area contributed by atoms with Crippen LogP contribution in [0.1, 0.15) is 30.7 Å². The molecule has 6 nitrogen and oxygen atoms in total. The minimum Gasteiger partial charge on any atom is -0.356 e. The lowest BCUT2D eigenvalue weighted by atomic mass is 9.92. The monoisotopic (exact) mass is 287 g/mol. The Morgan fingerprint density at radius 3 is 2.76 bits per heavy atom. The predicted octanol–water partition coefficient (Wildman–Crippen LogP) is 0.627. The Morgan fingerprint density at radius 2 is 2.14 bits per heavy atom. The first-order chi connectivity index (χ1) is 10.2. The van der Waals surface area contributed by atoms with Gasteiger partial charge in [0.25, 0.3) is 0 Å². The molecule has 6 heteroatoms. The number of carbonyl (C=O) groups is 3. The van der Waals surface area contributed by atoms with E-state index in [-0.39, 0.29) is 23.7 Å². The van der Waals surface area contributed by atoms with Gasteiger partial charge in [0, 0.05) is 31.6 Å². The standard InChI is InChI=1S/C15H17N3O3/c19-9-10-5-6-18(8-10)13-3-1-11(7-16-13)12-2-4-14(20)17-15(12)21/h1,3,7,9-10,12H,2,4-6,8H2,(H,17,20,21). The van der Waals surface area contributed by atoms with Gasteiger partial charge in [-0.2, -0.15) is 0 Å². The molecule has 2 saturated heterocycles. The van der Waals surface area contributed by atoms with Crippen molar-refractivity contribution in [1.82, 2.24) is 10.3 Å². The van der Waals surface area contributed by atoms with Crippen LogP contribution in [0.2, 0.25) is 0 Å². The summed E-state index contributed by atoms with van der Waals surface area (Å²) in [6.45, 7) is 1.53. The Labute approximate surface area is 122 Å². The Bertz CT molecular complexity index is 570. The second-order valence-corrected chi connectivity index (χ2v) is 5.58. The molecule has 2 aliphatic heterocycles. The van der Waals surface area contributed by atoms with Crippen molar-refractivity contribution in [2.45, 2.75) is 25.2 Å². The number of hydrogen-bond donors (Lipinski definition) is 1. The van der Waals surface area contributed by atoms with Crippen LogP contribution >= 0.6 is 0 Å². The minimum absolute atomic E-state index is 0.0848. The minimum atomic E-state index is -0.300. The van der Waals surface area contributed by atoms with Gasteiger partial charge in [-0.3, -0.25) is 14.9 Å². The van der Waals surface area contributed by atoms with E-state index in [0.29, 0.717) is 19.4 Å². The summed E-state index contributed by atoms with van der Waals surface area (Å²) in [4.78, 5) is 40.2. The zero-order chi connectivity index (χ0) is 14.8. The number of nitrogens with zero attached hydrogens (tertiary/aromatic N) is 2. The molecule has 0 aliphatic carbocycles. The van der Waals surface area contributed by atoms with Crippen LogP contribution in [0, 0.1) is 5.92 Å². The highest BCUT2D eigenvalue weighted by Crippen LogP contribution is 2.26. The Kier molecular flexibility index (Phi) is 3.68. The molecule has 0 saturated carbocycles. The molecule has 2 unspecified atom stereocenters. The number of carbonyl (C=O) groups excluding carboxylic acids is 3. The summed E-state index contributed by atoms with van der Waals surface area (Å²) in [6.07, 6.45) is 4.45. The first-order valence-corrected chi connectivity index (χ1v) is 7.17. The van der Waals surface area contributed by atoms with Crippen molar-refractivity contribution in [2.24, 2.45) is 5.92 Å². The molecule has 2 fully saturated rings. The lowest BCUT2D eigenvalue weighted by molar-refractivity contribution is -0.134. The summed E-state index contributed by atoms with van der Waals surface area (Å²) in [7, 11) is 0. The van der Waals surface area contributed by atoms with Crippen LogP contribution in [-0.4, -0.2) is 36.2 Å². The Hall–Kier alpha value is -2.24. The van der Waals surface area contributed by atoms with E-state index in [1.807, 2.05) is 12.1 Å². The first kappa shape index (κ1) is 13.7. The molecule has 2 atom stereocenters. The molecule has 21 heavy (non-hydrogen) atoms. The van der Waals surface area contributed by atoms with E-state index in [1.165, 1.54) is 0 Å². The van der Waals surface area contributed by atoms with Gasteiger partial charge in [-0.15, -0.1) is 0 Å². The average Bonchev–Trinajstić information content (AvgIpc) is 2.96. The van der Waals surface area contributed by atoms with Gasteiger partial charge in [0.1, 0.15) is 12.1 Å². The molecule has 110 valence electrons. The summed E-state index contributed by atoms with van der Waals surface area (Å²) < 4.78 is 0. The molecule has 3 heterocycles. The number of nitrogens with one attached hydrogen (secondary N) is 1. The topological polar surface area (TPSA) is 79.4 Å². The molecule has 1 N–H and O–H groups in total. The number of anilines is 1. The summed E-state index contributed by atoms with van der Waals surface area (Å²) in [5.41, 5.74) is 0.829. The van der Waals surface area contributed by atoms with Gasteiger partial charge in [-0.25, -0.2) is 4.98 Å². The third kappa shape index (κ3) is 2.79. The second-order valence-electron chi connectivity index (χ2n) is 5.58. The number of aromatic nitrogens is 1. The quantitative estimate of drug-likeness (QED) is 0.651. The fourth-order valence-electron chi connectivity index (χ4n) is 2.91. The van der Waals surface area contributed by atoms with Gasteiger partial charge in [-0.1, -0.05) is 6.07 Å². The fourth-order valence-corrected chi connectivity index (χ4v) is 2.91. The van der Waals surface area contributed by atoms with Crippen molar-refractivity contribution in [1.29, 1.82) is 0 Å². The largest absolute Gasteiger partial charge is 0.356 e. The summed E-state index contributed by atoms with van der Waals surface area (Å²) in [6, 6.07) is 3.77. The third-order valence-corrected chi connectivity index (χ3v) is 4.15. The van der Waals surface area contributed by atoms with Gasteiger partial charge in [0.15, 0.2) is 0 Å². The van der Waals surface area contributed by atoms with Gasteiger partial charge in [-0.05, 0) is 24.5 Å². The van der Waals surface area contributed by atoms with E-state index in [1.54, 1.807) is 6.20 Å². The van der Waals surface area contributed by atoms with Crippen molar-refractivity contribution in [3.63, 3.8) is 0 Å². The molecule has 0 radical (unpaired) electrons. The fraction of sp³-hybridized carbons (Fsp3) is 0.467. The number of pyridine rings is 1. The normalized spacial score (nSPS) is 25.8. The van der Waals surface area contributed by atoms with E-state index in [4.69, 9.17) is 0 Å². The van der Waals surface area contributed by atoms with Crippen LogP contribution in [0.3, 0.4) is 0 Å². The molecule has 2 aliphatic rings. The number of aldehydes is 1. The zero-order valence-electron chi connectivity index (χ0n) is 11.6. The van der Waals surface area contributed by atoms with Crippen LogP contribution in [-0.2, 0) is 14.4 Å². The van der Waals surface area contributed by atoms with Crippen molar-refractivity contribution < 1.29 is 14.4 Å². The van der Waals surface area contributed by atoms with Crippen LogP contribution in [0.5, 0.6) is 0 Å². The van der Waals surface area contributed by atoms with Gasteiger partial charge in [0.2, 0.25) is 11.8 Å². The summed E-state index contributed by atoms with van der Waals surface area (Å²) in [5, 5.41) is 2.36. The highest BCUT2D eigenvalue weighted by Gasteiger charge is 2.28. The Balaban J connectivity index is 1.71. The maximum absolute atomic E-state index is 11.8. The summed E-state index contributed by atoms with van der Waals surface area (Å²) >= 11 is 0. The SMILES string of the molecule is O=CC1CCN(c2ccc(C3CCC(=O)NC3=O)cn2)C1. The molecule has 0 bridgehead atoms. The molecule has 1 aromatic rings. The summed E-state index contributed by atoms with van der Waals surface area (Å²) in [5.74, 6) is 0.156. The molecular weight excluding hydrogens is 270 g/mol. The smallest absolute Gasteiger partial charge is 0.234 e. The number of amides is 2. The van der Waals surface area contributed by atoms with Crippen LogP contribution in [0.15, 0.2) is 18.3 Å². The van der Waals surface area contributed by atoms with Crippen LogP contribution < -0.4 is 10.2 Å². The van der Waals surface area contributed by atoms with Crippen molar-refractivity contribution in [3.05, 3.63) is 23.9 Å². The maximum Gasteiger partial charge on any atom is 0.234 e. The van der Waals surface area contributed by atoms with Gasteiger partial charge in [0.05, 0.1) is 5.92 Å². The van der Waals surface area contributed by atoms with E-state index in [0.717, 1.165) is 30.6 Å². The molecule has 1 aromatic heterocycles.